The molecule has 0 aromatic carbocycles. The summed E-state index contributed by atoms with van der Waals surface area (Å²) in [5.74, 6) is 0. The maximum Gasteiger partial charge on any atom is 2.00 e. The van der Waals surface area contributed by atoms with Crippen molar-refractivity contribution in [3.05, 3.63) is 27.7 Å². The number of unbranched alkanes of at least 4 members (excludes halogenated alkanes) is 12. The van der Waals surface area contributed by atoms with Gasteiger partial charge in [0.25, 0.3) is 0 Å². The molecule has 0 atom stereocenters. The molecule has 0 N–H and O–H groups in total. The SMILES string of the molecule is [CH2-]CCC.[CH2-]CCC.[CH2-]CCCCCCC.[CH2-]CCCCCCC.[Mg+2].[Mg+2]. The molecule has 0 nitrogen and oxygen atoms in total. The average molecular weight is 389 g/mol. The first-order valence-electron chi connectivity index (χ1n) is 10.8. The Morgan fingerprint density at radius 3 is 0.731 bits per heavy atom. The average Bonchev–Trinajstić information content (AvgIpc) is 2.63. The van der Waals surface area contributed by atoms with Gasteiger partial charge in [-0.15, -0.1) is 0 Å². The number of rotatable bonds is 12. The molecule has 0 unspecified atom stereocenters. The molecule has 0 aromatic rings. The standard InChI is InChI=1S/2C8H17.2C4H9.2Mg/c2*1-3-5-7-8-6-4-2;2*1-3-4-2;;/h2*1,3-8H2,2H3;2*1,3-4H2,2H3;;/q4*-1;2*+2. The van der Waals surface area contributed by atoms with E-state index in [4.69, 9.17) is 0 Å². The Morgan fingerprint density at radius 2 is 0.577 bits per heavy atom. The molecule has 0 heterocycles. The molecule has 0 radical (unpaired) electrons. The van der Waals surface area contributed by atoms with Gasteiger partial charge in [0, 0.05) is 0 Å². The van der Waals surface area contributed by atoms with Gasteiger partial charge in [0.1, 0.15) is 0 Å². The molecule has 0 bridgehead atoms. The summed E-state index contributed by atoms with van der Waals surface area (Å²) in [6, 6.07) is 0. The third-order valence-electron chi connectivity index (χ3n) is 3.41. The zero-order valence-electron chi connectivity index (χ0n) is 19.6. The van der Waals surface area contributed by atoms with Gasteiger partial charge in [-0.1, -0.05) is 105 Å². The first-order chi connectivity index (χ1) is 11.7. The molecule has 2 heteroatoms. The molecule has 0 saturated carbocycles. The third kappa shape index (κ3) is 83.9. The van der Waals surface area contributed by atoms with Crippen LogP contribution in [0.25, 0.3) is 0 Å². The van der Waals surface area contributed by atoms with E-state index < -0.39 is 0 Å². The second kappa shape index (κ2) is 56.3. The predicted octanol–water partition coefficient (Wildman–Crippen LogP) is 8.84. The minimum atomic E-state index is 0. The van der Waals surface area contributed by atoms with Crippen molar-refractivity contribution in [2.24, 2.45) is 0 Å². The second-order valence-corrected chi connectivity index (χ2v) is 6.24. The fourth-order valence-electron chi connectivity index (χ4n) is 1.56. The van der Waals surface area contributed by atoms with Gasteiger partial charge in [0.15, 0.2) is 0 Å². The van der Waals surface area contributed by atoms with Crippen molar-refractivity contribution in [3.8, 4) is 0 Å². The van der Waals surface area contributed by atoms with E-state index in [9.17, 15) is 0 Å². The van der Waals surface area contributed by atoms with E-state index in [2.05, 4.69) is 55.4 Å². The van der Waals surface area contributed by atoms with Gasteiger partial charge >= 0.3 is 46.1 Å². The zero-order chi connectivity index (χ0) is 19.3. The van der Waals surface area contributed by atoms with Crippen molar-refractivity contribution in [1.82, 2.24) is 0 Å². The van der Waals surface area contributed by atoms with E-state index in [-0.39, 0.29) is 46.1 Å². The van der Waals surface area contributed by atoms with Crippen molar-refractivity contribution in [2.45, 2.75) is 130 Å². The molecule has 0 aliphatic rings. The van der Waals surface area contributed by atoms with Gasteiger partial charge < -0.3 is 27.7 Å². The van der Waals surface area contributed by atoms with Crippen molar-refractivity contribution >= 4 is 46.1 Å². The van der Waals surface area contributed by atoms with E-state index in [0.717, 1.165) is 25.7 Å². The van der Waals surface area contributed by atoms with Crippen LogP contribution in [0.1, 0.15) is 130 Å². The van der Waals surface area contributed by atoms with Gasteiger partial charge in [-0.2, -0.15) is 25.7 Å². The molecule has 0 aromatic heterocycles. The van der Waals surface area contributed by atoms with Crippen LogP contribution >= 0.6 is 0 Å². The molecule has 0 amide bonds. The quantitative estimate of drug-likeness (QED) is 0.178. The largest absolute Gasteiger partial charge is 2.00 e. The summed E-state index contributed by atoms with van der Waals surface area (Å²) in [5, 5.41) is 0. The summed E-state index contributed by atoms with van der Waals surface area (Å²) >= 11 is 0. The van der Waals surface area contributed by atoms with Gasteiger partial charge in [0.2, 0.25) is 0 Å². The topological polar surface area (TPSA) is 0 Å². The van der Waals surface area contributed by atoms with Crippen LogP contribution in [0, 0.1) is 27.7 Å². The first kappa shape index (κ1) is 41.8. The van der Waals surface area contributed by atoms with Crippen LogP contribution in [0.4, 0.5) is 0 Å². The van der Waals surface area contributed by atoms with Gasteiger partial charge in [-0.05, 0) is 0 Å². The summed E-state index contributed by atoms with van der Waals surface area (Å²) in [4.78, 5) is 0. The van der Waals surface area contributed by atoms with Gasteiger partial charge in [-0.3, -0.25) is 0 Å². The maximum absolute atomic E-state index is 3.78. The number of hydrogen-bond donors (Lipinski definition) is 0. The predicted molar refractivity (Wildman–Crippen MR) is 130 cm³/mol. The van der Waals surface area contributed by atoms with Gasteiger partial charge in [-0.25, -0.2) is 0 Å². The van der Waals surface area contributed by atoms with E-state index in [1.165, 1.54) is 77.0 Å². The summed E-state index contributed by atoms with van der Waals surface area (Å²) in [6.07, 6.45) is 20.5. The Bertz CT molecular complexity index is 106. The molecule has 0 aliphatic heterocycles. The smallest absolute Gasteiger partial charge is 0.343 e. The fraction of sp³-hybridized carbons (Fsp3) is 0.833. The molecule has 152 valence electrons. The third-order valence-corrected chi connectivity index (χ3v) is 3.41. The van der Waals surface area contributed by atoms with Crippen molar-refractivity contribution in [2.75, 3.05) is 0 Å². The maximum atomic E-state index is 3.78. The van der Waals surface area contributed by atoms with Crippen LogP contribution in [0.15, 0.2) is 0 Å². The first-order valence-corrected chi connectivity index (χ1v) is 10.8. The summed E-state index contributed by atoms with van der Waals surface area (Å²) < 4.78 is 0. The Morgan fingerprint density at radius 1 is 0.346 bits per heavy atom. The Kier molecular flexibility index (Phi) is 90.5. The fourth-order valence-corrected chi connectivity index (χ4v) is 1.56. The number of hydrogen-bond acceptors (Lipinski definition) is 0. The molecule has 0 saturated heterocycles. The van der Waals surface area contributed by atoms with Crippen LogP contribution in [0.3, 0.4) is 0 Å². The van der Waals surface area contributed by atoms with Crippen molar-refractivity contribution in [1.29, 1.82) is 0 Å². The van der Waals surface area contributed by atoms with E-state index in [1.807, 2.05) is 0 Å². The normalized spacial score (nSPS) is 8.31. The molecular formula is C24H52Mg2. The van der Waals surface area contributed by atoms with E-state index in [1.54, 1.807) is 0 Å². The van der Waals surface area contributed by atoms with Gasteiger partial charge in [0.05, 0.1) is 0 Å². The zero-order valence-corrected chi connectivity index (χ0v) is 22.4. The van der Waals surface area contributed by atoms with Crippen LogP contribution in [0.2, 0.25) is 0 Å². The van der Waals surface area contributed by atoms with Crippen LogP contribution in [-0.2, 0) is 0 Å². The molecule has 0 spiro atoms. The minimum absolute atomic E-state index is 0. The van der Waals surface area contributed by atoms with E-state index in [0.29, 0.717) is 0 Å². The summed E-state index contributed by atoms with van der Waals surface area (Å²) in [6.45, 7) is 23.5. The monoisotopic (exact) mass is 388 g/mol. The van der Waals surface area contributed by atoms with Crippen molar-refractivity contribution in [3.63, 3.8) is 0 Å². The Balaban J connectivity index is -0.0000000525. The molecule has 0 aliphatic carbocycles. The van der Waals surface area contributed by atoms with Crippen LogP contribution in [0.5, 0.6) is 0 Å². The Hall–Kier alpha value is 1.53. The molecule has 0 rings (SSSR count). The van der Waals surface area contributed by atoms with Crippen LogP contribution in [-0.4, -0.2) is 46.1 Å². The minimum Gasteiger partial charge on any atom is -0.343 e. The summed E-state index contributed by atoms with van der Waals surface area (Å²) in [5.41, 5.74) is 0. The van der Waals surface area contributed by atoms with E-state index >= 15 is 0 Å². The summed E-state index contributed by atoms with van der Waals surface area (Å²) in [7, 11) is 0. The molecule has 0 fully saturated rings. The Labute approximate surface area is 203 Å². The van der Waals surface area contributed by atoms with Crippen molar-refractivity contribution < 1.29 is 0 Å². The molecular weight excluding hydrogens is 337 g/mol. The second-order valence-electron chi connectivity index (χ2n) is 6.24. The van der Waals surface area contributed by atoms with Crippen LogP contribution < -0.4 is 0 Å². The molecule has 26 heavy (non-hydrogen) atoms.